The van der Waals surface area contributed by atoms with E-state index >= 15 is 0 Å². The summed E-state index contributed by atoms with van der Waals surface area (Å²) in [6, 6.07) is -0.122. The van der Waals surface area contributed by atoms with E-state index in [0.29, 0.717) is 0 Å². The minimum absolute atomic E-state index is 0.0756. The Kier molecular flexibility index (Phi) is 2.93. The van der Waals surface area contributed by atoms with E-state index in [1.54, 1.807) is 0 Å². The third-order valence-electron chi connectivity index (χ3n) is 2.33. The Labute approximate surface area is 90.6 Å². The van der Waals surface area contributed by atoms with Crippen molar-refractivity contribution in [1.82, 2.24) is 0 Å². The summed E-state index contributed by atoms with van der Waals surface area (Å²) in [5.74, 6) is -1.98. The van der Waals surface area contributed by atoms with Gasteiger partial charge in [0.1, 0.15) is 13.2 Å². The van der Waals surface area contributed by atoms with Gasteiger partial charge in [0.2, 0.25) is 0 Å². The van der Waals surface area contributed by atoms with E-state index in [1.165, 1.54) is 0 Å². The first-order valence-electron chi connectivity index (χ1n) is 4.79. The van der Waals surface area contributed by atoms with Crippen LogP contribution in [-0.2, 0) is 0 Å². The molecular formula is C10H11F2NO3. The van der Waals surface area contributed by atoms with Gasteiger partial charge in [0.15, 0.2) is 23.1 Å². The second-order valence-corrected chi connectivity index (χ2v) is 3.40. The van der Waals surface area contributed by atoms with Crippen molar-refractivity contribution in [3.8, 4) is 11.5 Å². The number of ether oxygens (including phenoxy) is 2. The highest BCUT2D eigenvalue weighted by atomic mass is 19.2. The maximum Gasteiger partial charge on any atom is 0.169 e. The monoisotopic (exact) mass is 231 g/mol. The molecule has 1 aromatic carbocycles. The quantitative estimate of drug-likeness (QED) is 0.787. The first kappa shape index (κ1) is 11.1. The van der Waals surface area contributed by atoms with Gasteiger partial charge in [0.05, 0.1) is 18.2 Å². The largest absolute Gasteiger partial charge is 0.486 e. The molecule has 6 heteroatoms. The third-order valence-corrected chi connectivity index (χ3v) is 2.33. The average molecular weight is 231 g/mol. The molecule has 1 aliphatic rings. The first-order chi connectivity index (χ1) is 7.65. The number of nitrogens with two attached hydrogens (primary N) is 1. The molecule has 88 valence electrons. The zero-order valence-electron chi connectivity index (χ0n) is 8.37. The lowest BCUT2D eigenvalue weighted by Crippen LogP contribution is -2.23. The fraction of sp³-hybridized carbons (Fsp3) is 0.400. The summed E-state index contributed by atoms with van der Waals surface area (Å²) in [6.07, 6.45) is 0. The smallest absolute Gasteiger partial charge is 0.169 e. The molecule has 2 rings (SSSR count). The number of aliphatic hydroxyl groups excluding tert-OH is 1. The average Bonchev–Trinajstić information content (AvgIpc) is 2.30. The summed E-state index contributed by atoms with van der Waals surface area (Å²) in [5.41, 5.74) is 5.31. The Hall–Kier alpha value is -1.40. The van der Waals surface area contributed by atoms with E-state index in [-0.39, 0.29) is 30.3 Å². The molecule has 3 N–H and O–H groups in total. The van der Waals surface area contributed by atoms with Crippen LogP contribution in [0.3, 0.4) is 0 Å². The fourth-order valence-electron chi connectivity index (χ4n) is 1.58. The van der Waals surface area contributed by atoms with Gasteiger partial charge in [-0.1, -0.05) is 0 Å². The van der Waals surface area contributed by atoms with Gasteiger partial charge in [-0.25, -0.2) is 8.78 Å². The minimum Gasteiger partial charge on any atom is -0.486 e. The van der Waals surface area contributed by atoms with Crippen molar-refractivity contribution in [2.45, 2.75) is 6.04 Å². The van der Waals surface area contributed by atoms with Crippen LogP contribution in [0, 0.1) is 11.6 Å². The lowest BCUT2D eigenvalue weighted by molar-refractivity contribution is 0.164. The van der Waals surface area contributed by atoms with Crippen LogP contribution in [0.15, 0.2) is 6.07 Å². The second-order valence-electron chi connectivity index (χ2n) is 3.40. The van der Waals surface area contributed by atoms with Crippen molar-refractivity contribution in [2.75, 3.05) is 19.8 Å². The molecule has 0 aliphatic carbocycles. The molecule has 0 saturated heterocycles. The van der Waals surface area contributed by atoms with Crippen molar-refractivity contribution >= 4 is 0 Å². The Balaban J connectivity index is 2.59. The standard InChI is InChI=1S/C10H11F2NO3/c11-5-3-7-10(16-2-1-15-7)8(9(5)12)6(13)4-14/h3,6,14H,1-2,4,13H2. The molecule has 0 fully saturated rings. The number of halogens is 2. The van der Waals surface area contributed by atoms with E-state index in [4.69, 9.17) is 20.3 Å². The number of fused-ring (bicyclic) bond motifs is 1. The van der Waals surface area contributed by atoms with Crippen LogP contribution in [-0.4, -0.2) is 24.9 Å². The van der Waals surface area contributed by atoms with Crippen molar-refractivity contribution in [3.05, 3.63) is 23.3 Å². The number of aliphatic hydroxyl groups is 1. The van der Waals surface area contributed by atoms with E-state index in [0.717, 1.165) is 6.07 Å². The number of hydrogen-bond donors (Lipinski definition) is 2. The van der Waals surface area contributed by atoms with Crippen LogP contribution in [0.5, 0.6) is 11.5 Å². The topological polar surface area (TPSA) is 64.7 Å². The third kappa shape index (κ3) is 1.70. The van der Waals surface area contributed by atoms with Gasteiger partial charge >= 0.3 is 0 Å². The van der Waals surface area contributed by atoms with E-state index < -0.39 is 24.3 Å². The van der Waals surface area contributed by atoms with E-state index in [9.17, 15) is 8.78 Å². The predicted molar refractivity (Wildman–Crippen MR) is 51.4 cm³/mol. The Morgan fingerprint density at radius 2 is 2.06 bits per heavy atom. The highest BCUT2D eigenvalue weighted by Crippen LogP contribution is 2.39. The lowest BCUT2D eigenvalue weighted by Gasteiger charge is -2.23. The Bertz CT molecular complexity index is 412. The molecule has 1 unspecified atom stereocenters. The van der Waals surface area contributed by atoms with E-state index in [1.807, 2.05) is 0 Å². The van der Waals surface area contributed by atoms with Gasteiger partial charge in [-0.05, 0) is 0 Å². The number of hydrogen-bond acceptors (Lipinski definition) is 4. The molecule has 1 heterocycles. The van der Waals surface area contributed by atoms with Crippen LogP contribution >= 0.6 is 0 Å². The van der Waals surface area contributed by atoms with E-state index in [2.05, 4.69) is 0 Å². The zero-order chi connectivity index (χ0) is 11.7. The van der Waals surface area contributed by atoms with Gasteiger partial charge in [0, 0.05) is 6.07 Å². The van der Waals surface area contributed by atoms with Gasteiger partial charge in [-0.3, -0.25) is 0 Å². The minimum atomic E-state index is -1.11. The molecule has 1 aromatic rings. The zero-order valence-corrected chi connectivity index (χ0v) is 8.37. The van der Waals surface area contributed by atoms with Gasteiger partial charge in [-0.2, -0.15) is 0 Å². The SMILES string of the molecule is NC(CO)c1c(F)c(F)cc2c1OCCO2. The predicted octanol–water partition coefficient (Wildman–Crippen LogP) is 0.728. The molecule has 0 spiro atoms. The Morgan fingerprint density at radius 3 is 2.75 bits per heavy atom. The summed E-state index contributed by atoms with van der Waals surface area (Å²) < 4.78 is 37.1. The van der Waals surface area contributed by atoms with Crippen molar-refractivity contribution in [1.29, 1.82) is 0 Å². The summed E-state index contributed by atoms with van der Waals surface area (Å²) >= 11 is 0. The molecular weight excluding hydrogens is 220 g/mol. The Morgan fingerprint density at radius 1 is 1.38 bits per heavy atom. The van der Waals surface area contributed by atoms with Crippen molar-refractivity contribution in [2.24, 2.45) is 5.73 Å². The molecule has 0 radical (unpaired) electrons. The molecule has 0 aromatic heterocycles. The van der Waals surface area contributed by atoms with Crippen LogP contribution in [0.1, 0.15) is 11.6 Å². The van der Waals surface area contributed by atoms with Crippen LogP contribution in [0.4, 0.5) is 8.78 Å². The maximum atomic E-state index is 13.5. The first-order valence-corrected chi connectivity index (χ1v) is 4.79. The van der Waals surface area contributed by atoms with Gasteiger partial charge < -0.3 is 20.3 Å². The summed E-state index contributed by atoms with van der Waals surface area (Å²) in [5, 5.41) is 8.89. The molecule has 0 bridgehead atoms. The number of benzene rings is 1. The molecule has 4 nitrogen and oxygen atoms in total. The lowest BCUT2D eigenvalue weighted by atomic mass is 10.0. The highest BCUT2D eigenvalue weighted by Gasteiger charge is 2.26. The normalized spacial score (nSPS) is 16.0. The highest BCUT2D eigenvalue weighted by molar-refractivity contribution is 5.50. The van der Waals surface area contributed by atoms with Crippen LogP contribution in [0.25, 0.3) is 0 Å². The van der Waals surface area contributed by atoms with Gasteiger partial charge in [-0.15, -0.1) is 0 Å². The molecule has 16 heavy (non-hydrogen) atoms. The van der Waals surface area contributed by atoms with Crippen LogP contribution in [0.2, 0.25) is 0 Å². The van der Waals surface area contributed by atoms with Crippen molar-refractivity contribution < 1.29 is 23.4 Å². The summed E-state index contributed by atoms with van der Waals surface area (Å²) in [4.78, 5) is 0. The maximum absolute atomic E-state index is 13.5. The molecule has 0 amide bonds. The molecule has 0 saturated carbocycles. The molecule has 1 aliphatic heterocycles. The summed E-state index contributed by atoms with van der Waals surface area (Å²) in [6.45, 7) is 0.00523. The van der Waals surface area contributed by atoms with Gasteiger partial charge in [0.25, 0.3) is 0 Å². The fourth-order valence-corrected chi connectivity index (χ4v) is 1.58. The number of rotatable bonds is 2. The van der Waals surface area contributed by atoms with Crippen LogP contribution < -0.4 is 15.2 Å². The summed E-state index contributed by atoms with van der Waals surface area (Å²) in [7, 11) is 0. The molecule has 1 atom stereocenters. The van der Waals surface area contributed by atoms with Crippen molar-refractivity contribution in [3.63, 3.8) is 0 Å². The second kappa shape index (κ2) is 4.23.